The lowest BCUT2D eigenvalue weighted by Crippen LogP contribution is -2.50. The van der Waals surface area contributed by atoms with E-state index < -0.39 is 5.60 Å². The molecular weight excluding hydrogens is 352 g/mol. The highest BCUT2D eigenvalue weighted by molar-refractivity contribution is 6.30. The van der Waals surface area contributed by atoms with Gasteiger partial charge in [-0.1, -0.05) is 17.7 Å². The largest absolute Gasteiger partial charge is 0.489 e. The van der Waals surface area contributed by atoms with Crippen molar-refractivity contribution < 1.29 is 14.3 Å². The highest BCUT2D eigenvalue weighted by Crippen LogP contribution is 2.41. The zero-order valence-electron chi connectivity index (χ0n) is 15.1. The van der Waals surface area contributed by atoms with Crippen molar-refractivity contribution >= 4 is 18.1 Å². The average Bonchev–Trinajstić information content (AvgIpc) is 3.32. The standard InChI is InChI=1S/C20H27ClN2O3/c21-17-3-2-16(18(12-17)25-14-20(5-6-20)26-15-24)13-23-11-1-4-19(23)7-9-22-10-8-19/h2-3,12,15,22H,1,4-11,13-14H2. The van der Waals surface area contributed by atoms with E-state index in [2.05, 4.69) is 16.3 Å². The van der Waals surface area contributed by atoms with Crippen LogP contribution in [0.15, 0.2) is 18.2 Å². The maximum absolute atomic E-state index is 10.7. The van der Waals surface area contributed by atoms with E-state index in [1.807, 2.05) is 12.1 Å². The van der Waals surface area contributed by atoms with Crippen LogP contribution < -0.4 is 10.1 Å². The average molecular weight is 379 g/mol. The van der Waals surface area contributed by atoms with Gasteiger partial charge in [0.2, 0.25) is 0 Å². The van der Waals surface area contributed by atoms with E-state index >= 15 is 0 Å². The molecule has 1 spiro atoms. The van der Waals surface area contributed by atoms with Crippen LogP contribution in [0.1, 0.15) is 44.1 Å². The molecule has 1 aliphatic carbocycles. The monoisotopic (exact) mass is 378 g/mol. The summed E-state index contributed by atoms with van der Waals surface area (Å²) in [7, 11) is 0. The van der Waals surface area contributed by atoms with Gasteiger partial charge in [-0.15, -0.1) is 0 Å². The van der Waals surface area contributed by atoms with Crippen LogP contribution in [0.2, 0.25) is 5.02 Å². The van der Waals surface area contributed by atoms with Crippen LogP contribution in [-0.4, -0.2) is 48.8 Å². The lowest BCUT2D eigenvalue weighted by Gasteiger charge is -2.42. The predicted molar refractivity (Wildman–Crippen MR) is 101 cm³/mol. The van der Waals surface area contributed by atoms with Crippen molar-refractivity contribution in [2.24, 2.45) is 0 Å². The van der Waals surface area contributed by atoms with Crippen molar-refractivity contribution in [3.05, 3.63) is 28.8 Å². The van der Waals surface area contributed by atoms with Gasteiger partial charge in [-0.2, -0.15) is 0 Å². The van der Waals surface area contributed by atoms with Gasteiger partial charge in [0.1, 0.15) is 18.0 Å². The number of hydrogen-bond acceptors (Lipinski definition) is 5. The molecule has 142 valence electrons. The molecule has 2 heterocycles. The molecule has 2 saturated heterocycles. The van der Waals surface area contributed by atoms with Gasteiger partial charge in [0.15, 0.2) is 0 Å². The third kappa shape index (κ3) is 3.71. The summed E-state index contributed by atoms with van der Waals surface area (Å²) in [5.41, 5.74) is 1.07. The Kier molecular flexibility index (Phi) is 5.13. The minimum absolute atomic E-state index is 0.334. The smallest absolute Gasteiger partial charge is 0.293 e. The molecule has 2 aliphatic heterocycles. The van der Waals surface area contributed by atoms with E-state index in [0.717, 1.165) is 50.3 Å². The van der Waals surface area contributed by atoms with E-state index in [4.69, 9.17) is 21.1 Å². The topological polar surface area (TPSA) is 50.8 Å². The molecule has 0 radical (unpaired) electrons. The molecule has 0 aromatic heterocycles. The molecule has 0 unspecified atom stereocenters. The van der Waals surface area contributed by atoms with Crippen LogP contribution in [0.25, 0.3) is 0 Å². The van der Waals surface area contributed by atoms with Crippen LogP contribution in [0.5, 0.6) is 5.75 Å². The van der Waals surface area contributed by atoms with Crippen molar-refractivity contribution in [1.82, 2.24) is 10.2 Å². The summed E-state index contributed by atoms with van der Waals surface area (Å²) >= 11 is 6.21. The number of likely N-dealkylation sites (tertiary alicyclic amines) is 1. The molecule has 1 aromatic carbocycles. The molecule has 3 fully saturated rings. The maximum atomic E-state index is 10.7. The minimum Gasteiger partial charge on any atom is -0.489 e. The van der Waals surface area contributed by atoms with E-state index in [1.54, 1.807) is 0 Å². The number of nitrogens with zero attached hydrogens (tertiary/aromatic N) is 1. The van der Waals surface area contributed by atoms with Crippen molar-refractivity contribution in [1.29, 1.82) is 0 Å². The Morgan fingerprint density at radius 2 is 2.00 bits per heavy atom. The van der Waals surface area contributed by atoms with Crippen molar-refractivity contribution in [3.8, 4) is 5.75 Å². The fraction of sp³-hybridized carbons (Fsp3) is 0.650. The lowest BCUT2D eigenvalue weighted by molar-refractivity contribution is -0.137. The molecule has 1 N–H and O–H groups in total. The van der Waals surface area contributed by atoms with Gasteiger partial charge in [-0.05, 0) is 70.3 Å². The van der Waals surface area contributed by atoms with Crippen LogP contribution >= 0.6 is 11.6 Å². The summed E-state index contributed by atoms with van der Waals surface area (Å²) in [6, 6.07) is 5.90. The summed E-state index contributed by atoms with van der Waals surface area (Å²) in [5.74, 6) is 0.814. The second kappa shape index (κ2) is 7.37. The second-order valence-corrected chi connectivity index (χ2v) is 8.37. The Hall–Kier alpha value is -1.30. The second-order valence-electron chi connectivity index (χ2n) is 7.94. The summed E-state index contributed by atoms with van der Waals surface area (Å²) in [6.07, 6.45) is 6.71. The molecule has 0 bridgehead atoms. The highest BCUT2D eigenvalue weighted by Gasteiger charge is 2.46. The molecule has 4 rings (SSSR count). The molecule has 5 nitrogen and oxygen atoms in total. The Labute approximate surface area is 160 Å². The van der Waals surface area contributed by atoms with Crippen LogP contribution in [-0.2, 0) is 16.1 Å². The quantitative estimate of drug-likeness (QED) is 0.739. The first-order chi connectivity index (χ1) is 12.6. The van der Waals surface area contributed by atoms with Crippen LogP contribution in [0.3, 0.4) is 0 Å². The van der Waals surface area contributed by atoms with Gasteiger partial charge in [-0.3, -0.25) is 9.69 Å². The molecule has 3 aliphatic rings. The Balaban J connectivity index is 1.48. The number of hydrogen-bond donors (Lipinski definition) is 1. The minimum atomic E-state index is -0.425. The summed E-state index contributed by atoms with van der Waals surface area (Å²) in [6.45, 7) is 5.15. The van der Waals surface area contributed by atoms with Gasteiger partial charge in [-0.25, -0.2) is 0 Å². The number of piperidine rings is 1. The van der Waals surface area contributed by atoms with Crippen LogP contribution in [0, 0.1) is 0 Å². The van der Waals surface area contributed by atoms with Gasteiger partial charge in [0.25, 0.3) is 6.47 Å². The lowest BCUT2D eigenvalue weighted by atomic mass is 9.85. The van der Waals surface area contributed by atoms with E-state index in [1.165, 1.54) is 25.7 Å². The fourth-order valence-corrected chi connectivity index (χ4v) is 4.61. The Morgan fingerprint density at radius 3 is 2.73 bits per heavy atom. The Bertz CT molecular complexity index is 656. The first-order valence-electron chi connectivity index (χ1n) is 9.63. The Morgan fingerprint density at radius 1 is 1.19 bits per heavy atom. The first kappa shape index (κ1) is 18.1. The van der Waals surface area contributed by atoms with Gasteiger partial charge in [0.05, 0.1) is 0 Å². The fourth-order valence-electron chi connectivity index (χ4n) is 4.45. The number of ether oxygens (including phenoxy) is 2. The number of nitrogens with one attached hydrogen (secondary N) is 1. The molecule has 26 heavy (non-hydrogen) atoms. The number of carbonyl (C=O) groups is 1. The van der Waals surface area contributed by atoms with Gasteiger partial charge >= 0.3 is 0 Å². The van der Waals surface area contributed by atoms with E-state index in [9.17, 15) is 4.79 Å². The molecule has 6 heteroatoms. The summed E-state index contributed by atoms with van der Waals surface area (Å²) in [5, 5.41) is 4.15. The summed E-state index contributed by atoms with van der Waals surface area (Å²) < 4.78 is 11.3. The zero-order chi connectivity index (χ0) is 18.0. The highest BCUT2D eigenvalue weighted by atomic mass is 35.5. The molecular formula is C20H27ClN2O3. The normalized spacial score (nSPS) is 23.7. The number of rotatable bonds is 7. The molecule has 0 amide bonds. The van der Waals surface area contributed by atoms with Crippen molar-refractivity contribution in [3.63, 3.8) is 0 Å². The SMILES string of the molecule is O=COC1(COc2cc(Cl)ccc2CN2CCCC23CCNCC3)CC1. The van der Waals surface area contributed by atoms with E-state index in [-0.39, 0.29) is 0 Å². The number of benzene rings is 1. The first-order valence-corrected chi connectivity index (χ1v) is 10.0. The predicted octanol–water partition coefficient (Wildman–Crippen LogP) is 3.14. The zero-order valence-corrected chi connectivity index (χ0v) is 15.9. The molecule has 1 aromatic rings. The third-order valence-corrected chi connectivity index (χ3v) is 6.50. The van der Waals surface area contributed by atoms with E-state index in [0.29, 0.717) is 23.6 Å². The van der Waals surface area contributed by atoms with Crippen molar-refractivity contribution in [2.45, 2.75) is 56.2 Å². The molecule has 0 atom stereocenters. The van der Waals surface area contributed by atoms with Gasteiger partial charge in [0, 0.05) is 22.7 Å². The number of halogens is 1. The molecule has 1 saturated carbocycles. The number of carbonyl (C=O) groups excluding carboxylic acids is 1. The third-order valence-electron chi connectivity index (χ3n) is 6.26. The van der Waals surface area contributed by atoms with Crippen molar-refractivity contribution in [2.75, 3.05) is 26.2 Å². The summed E-state index contributed by atoms with van der Waals surface area (Å²) in [4.78, 5) is 13.3. The van der Waals surface area contributed by atoms with Crippen LogP contribution in [0.4, 0.5) is 0 Å². The maximum Gasteiger partial charge on any atom is 0.293 e. The van der Waals surface area contributed by atoms with Gasteiger partial charge < -0.3 is 14.8 Å².